The Morgan fingerprint density at radius 1 is 0.947 bits per heavy atom. The van der Waals surface area contributed by atoms with E-state index in [9.17, 15) is 0 Å². The van der Waals surface area contributed by atoms with Crippen LogP contribution in [0, 0.1) is 11.3 Å². The zero-order chi connectivity index (χ0) is 13.1. The molecule has 0 aliphatic rings. The summed E-state index contributed by atoms with van der Waals surface area (Å²) in [6.07, 6.45) is 1.51. The van der Waals surface area contributed by atoms with Crippen LogP contribution in [0.5, 0.6) is 0 Å². The van der Waals surface area contributed by atoms with Crippen LogP contribution in [0.15, 0.2) is 54.9 Å². The van der Waals surface area contributed by atoms with Crippen molar-refractivity contribution >= 4 is 22.4 Å². The molecule has 0 aliphatic heterocycles. The largest absolute Gasteiger partial charge is 0.339 e. The van der Waals surface area contributed by atoms with Gasteiger partial charge in [0.1, 0.15) is 18.2 Å². The molecule has 0 unspecified atom stereocenters. The predicted molar refractivity (Wildman–Crippen MR) is 74.0 cm³/mol. The highest BCUT2D eigenvalue weighted by atomic mass is 15.0. The number of nitrogens with one attached hydrogen (secondary N) is 1. The molecule has 90 valence electrons. The van der Waals surface area contributed by atoms with Gasteiger partial charge in [0.05, 0.1) is 16.8 Å². The first-order valence-corrected chi connectivity index (χ1v) is 5.84. The highest BCUT2D eigenvalue weighted by Crippen LogP contribution is 2.24. The third kappa shape index (κ3) is 2.09. The number of aromatic nitrogens is 2. The van der Waals surface area contributed by atoms with E-state index in [0.29, 0.717) is 11.4 Å². The first-order valence-electron chi connectivity index (χ1n) is 5.84. The summed E-state index contributed by atoms with van der Waals surface area (Å²) < 4.78 is 0. The van der Waals surface area contributed by atoms with Gasteiger partial charge in [0, 0.05) is 5.39 Å². The lowest BCUT2D eigenvalue weighted by Gasteiger charge is -2.09. The summed E-state index contributed by atoms with van der Waals surface area (Å²) in [5, 5.41) is 13.2. The van der Waals surface area contributed by atoms with E-state index in [1.807, 2.05) is 42.5 Å². The van der Waals surface area contributed by atoms with Crippen molar-refractivity contribution in [3.8, 4) is 6.07 Å². The van der Waals surface area contributed by atoms with Gasteiger partial charge in [-0.15, -0.1) is 0 Å². The monoisotopic (exact) mass is 246 g/mol. The van der Waals surface area contributed by atoms with Crippen LogP contribution in [0.4, 0.5) is 11.5 Å². The molecule has 19 heavy (non-hydrogen) atoms. The summed E-state index contributed by atoms with van der Waals surface area (Å²) in [5.41, 5.74) is 2.20. The van der Waals surface area contributed by atoms with E-state index >= 15 is 0 Å². The molecule has 0 amide bonds. The van der Waals surface area contributed by atoms with Crippen LogP contribution in [-0.2, 0) is 0 Å². The minimum atomic E-state index is 0.588. The third-order valence-electron chi connectivity index (χ3n) is 2.84. The summed E-state index contributed by atoms with van der Waals surface area (Å²) in [5.74, 6) is 0.702. The predicted octanol–water partition coefficient (Wildman–Crippen LogP) is 3.25. The van der Waals surface area contributed by atoms with Gasteiger partial charge in [0.2, 0.25) is 0 Å². The average Bonchev–Trinajstić information content (AvgIpc) is 2.48. The summed E-state index contributed by atoms with van der Waals surface area (Å²) in [6, 6.07) is 17.3. The summed E-state index contributed by atoms with van der Waals surface area (Å²) in [7, 11) is 0. The minimum Gasteiger partial charge on any atom is -0.339 e. The smallest absolute Gasteiger partial charge is 0.141 e. The van der Waals surface area contributed by atoms with Gasteiger partial charge < -0.3 is 5.32 Å². The molecule has 0 saturated heterocycles. The Morgan fingerprint density at radius 2 is 1.74 bits per heavy atom. The summed E-state index contributed by atoms with van der Waals surface area (Å²) in [4.78, 5) is 8.46. The number of nitrogens with zero attached hydrogens (tertiary/aromatic N) is 3. The van der Waals surface area contributed by atoms with E-state index in [2.05, 4.69) is 21.4 Å². The number of para-hydroxylation sites is 2. The van der Waals surface area contributed by atoms with Crippen molar-refractivity contribution in [1.29, 1.82) is 5.26 Å². The summed E-state index contributed by atoms with van der Waals surface area (Å²) >= 11 is 0. The molecule has 1 heterocycles. The molecule has 1 N–H and O–H groups in total. The van der Waals surface area contributed by atoms with E-state index in [1.165, 1.54) is 6.33 Å². The van der Waals surface area contributed by atoms with Gasteiger partial charge in [-0.25, -0.2) is 9.97 Å². The lowest BCUT2D eigenvalue weighted by atomic mass is 10.2. The molecule has 3 aromatic rings. The van der Waals surface area contributed by atoms with Crippen molar-refractivity contribution in [3.63, 3.8) is 0 Å². The van der Waals surface area contributed by atoms with E-state index in [4.69, 9.17) is 5.26 Å². The molecule has 0 spiro atoms. The number of nitriles is 1. The number of anilines is 2. The second-order valence-corrected chi connectivity index (χ2v) is 4.02. The van der Waals surface area contributed by atoms with Crippen molar-refractivity contribution < 1.29 is 0 Å². The van der Waals surface area contributed by atoms with Gasteiger partial charge in [-0.05, 0) is 24.3 Å². The minimum absolute atomic E-state index is 0.588. The van der Waals surface area contributed by atoms with Crippen molar-refractivity contribution in [2.45, 2.75) is 0 Å². The van der Waals surface area contributed by atoms with E-state index in [1.54, 1.807) is 6.07 Å². The molecule has 0 atom stereocenters. The van der Waals surface area contributed by atoms with Crippen LogP contribution < -0.4 is 5.32 Å². The van der Waals surface area contributed by atoms with Gasteiger partial charge in [-0.3, -0.25) is 0 Å². The van der Waals surface area contributed by atoms with Gasteiger partial charge in [0.25, 0.3) is 0 Å². The SMILES string of the molecule is N#Cc1ccccc1Nc1ncnc2ccccc12. The van der Waals surface area contributed by atoms with Crippen LogP contribution in [-0.4, -0.2) is 9.97 Å². The Kier molecular flexibility index (Phi) is 2.79. The Hall–Kier alpha value is -2.93. The van der Waals surface area contributed by atoms with Gasteiger partial charge in [-0.2, -0.15) is 5.26 Å². The molecule has 0 bridgehead atoms. The molecule has 0 radical (unpaired) electrons. The summed E-state index contributed by atoms with van der Waals surface area (Å²) in [6.45, 7) is 0. The Labute approximate surface area is 110 Å². The molecular formula is C15H10N4. The number of rotatable bonds is 2. The zero-order valence-electron chi connectivity index (χ0n) is 10.0. The lowest BCUT2D eigenvalue weighted by Crippen LogP contribution is -1.97. The van der Waals surface area contributed by atoms with Crippen molar-refractivity contribution in [2.24, 2.45) is 0 Å². The van der Waals surface area contributed by atoms with Crippen molar-refractivity contribution in [1.82, 2.24) is 9.97 Å². The number of hydrogen-bond acceptors (Lipinski definition) is 4. The standard InChI is InChI=1S/C15H10N4/c16-9-11-5-1-3-7-13(11)19-15-12-6-2-4-8-14(12)17-10-18-15/h1-8,10H,(H,17,18,19). The maximum absolute atomic E-state index is 9.09. The molecule has 2 aromatic carbocycles. The van der Waals surface area contributed by atoms with Crippen LogP contribution >= 0.6 is 0 Å². The van der Waals surface area contributed by atoms with Crippen LogP contribution in [0.3, 0.4) is 0 Å². The van der Waals surface area contributed by atoms with Crippen molar-refractivity contribution in [3.05, 3.63) is 60.4 Å². The molecule has 0 fully saturated rings. The van der Waals surface area contributed by atoms with Gasteiger partial charge in [0.15, 0.2) is 0 Å². The average molecular weight is 246 g/mol. The first-order chi connectivity index (χ1) is 9.38. The molecule has 1 aromatic heterocycles. The van der Waals surface area contributed by atoms with Crippen LogP contribution in [0.1, 0.15) is 5.56 Å². The second-order valence-electron chi connectivity index (χ2n) is 4.02. The molecule has 4 heteroatoms. The van der Waals surface area contributed by atoms with Gasteiger partial charge in [-0.1, -0.05) is 24.3 Å². The first kappa shape index (κ1) is 11.2. The normalized spacial score (nSPS) is 10.1. The number of benzene rings is 2. The highest BCUT2D eigenvalue weighted by molar-refractivity contribution is 5.90. The van der Waals surface area contributed by atoms with Crippen LogP contribution in [0.25, 0.3) is 10.9 Å². The second kappa shape index (κ2) is 4.75. The highest BCUT2D eigenvalue weighted by Gasteiger charge is 2.05. The number of hydrogen-bond donors (Lipinski definition) is 1. The fourth-order valence-corrected chi connectivity index (χ4v) is 1.92. The quantitative estimate of drug-likeness (QED) is 0.754. The van der Waals surface area contributed by atoms with Crippen molar-refractivity contribution in [2.75, 3.05) is 5.32 Å². The molecule has 0 saturated carbocycles. The Balaban J connectivity index is 2.09. The molecule has 0 aliphatic carbocycles. The van der Waals surface area contributed by atoms with Gasteiger partial charge >= 0.3 is 0 Å². The fourth-order valence-electron chi connectivity index (χ4n) is 1.92. The molecule has 3 rings (SSSR count). The molecular weight excluding hydrogens is 236 g/mol. The van der Waals surface area contributed by atoms with E-state index in [0.717, 1.165) is 16.6 Å². The zero-order valence-corrected chi connectivity index (χ0v) is 10.0. The maximum atomic E-state index is 9.09. The maximum Gasteiger partial charge on any atom is 0.141 e. The Bertz CT molecular complexity index is 769. The lowest BCUT2D eigenvalue weighted by molar-refractivity contribution is 1.22. The van der Waals surface area contributed by atoms with Crippen LogP contribution in [0.2, 0.25) is 0 Å². The number of fused-ring (bicyclic) bond motifs is 1. The third-order valence-corrected chi connectivity index (χ3v) is 2.84. The molecule has 4 nitrogen and oxygen atoms in total. The fraction of sp³-hybridized carbons (Fsp3) is 0. The van der Waals surface area contributed by atoms with E-state index < -0.39 is 0 Å². The Morgan fingerprint density at radius 3 is 2.63 bits per heavy atom. The topological polar surface area (TPSA) is 61.6 Å². The van der Waals surface area contributed by atoms with E-state index in [-0.39, 0.29) is 0 Å².